The van der Waals surface area contributed by atoms with E-state index in [2.05, 4.69) is 15.6 Å². The lowest BCUT2D eigenvalue weighted by Crippen LogP contribution is -2.41. The molecule has 3 rings (SSSR count). The first-order chi connectivity index (χ1) is 14.7. The van der Waals surface area contributed by atoms with E-state index in [0.717, 1.165) is 16.7 Å². The molecule has 0 heterocycles. The molecule has 0 aliphatic carbocycles. The van der Waals surface area contributed by atoms with E-state index in [1.54, 1.807) is 43.3 Å². The van der Waals surface area contributed by atoms with Crippen LogP contribution < -0.4 is 15.6 Å². The molecule has 0 bridgehead atoms. The maximum atomic E-state index is 12.7. The number of carbonyl (C=O) groups excluding carboxylic acids is 2. The van der Waals surface area contributed by atoms with Crippen LogP contribution >= 0.6 is 0 Å². The third kappa shape index (κ3) is 5.49. The van der Waals surface area contributed by atoms with Gasteiger partial charge in [-0.1, -0.05) is 41.5 Å². The monoisotopic (exact) mass is 437 g/mol. The minimum absolute atomic E-state index is 0.0681. The van der Waals surface area contributed by atoms with Crippen LogP contribution in [0.1, 0.15) is 37.4 Å². The topological polar surface area (TPSA) is 104 Å². The molecule has 0 aliphatic rings. The largest absolute Gasteiger partial charge is 0.280 e. The number of anilines is 1. The van der Waals surface area contributed by atoms with Gasteiger partial charge in [0.2, 0.25) is 0 Å². The molecule has 160 valence electrons. The van der Waals surface area contributed by atoms with E-state index in [1.165, 1.54) is 24.3 Å². The Morgan fingerprint density at radius 3 is 2.06 bits per heavy atom. The van der Waals surface area contributed by atoms with Crippen LogP contribution in [0.2, 0.25) is 0 Å². The molecule has 0 fully saturated rings. The van der Waals surface area contributed by atoms with Gasteiger partial charge in [-0.15, -0.1) is 0 Å². The van der Waals surface area contributed by atoms with Crippen molar-refractivity contribution in [3.05, 3.63) is 94.5 Å². The molecule has 3 N–H and O–H groups in total. The van der Waals surface area contributed by atoms with Crippen molar-refractivity contribution in [2.75, 3.05) is 4.72 Å². The van der Waals surface area contributed by atoms with Gasteiger partial charge in [-0.05, 0) is 62.7 Å². The van der Waals surface area contributed by atoms with Crippen molar-refractivity contribution >= 4 is 27.5 Å². The Morgan fingerprint density at radius 2 is 1.39 bits per heavy atom. The fourth-order valence-electron chi connectivity index (χ4n) is 2.96. The van der Waals surface area contributed by atoms with Crippen molar-refractivity contribution in [3.63, 3.8) is 0 Å². The Balaban J connectivity index is 1.70. The number of aryl methyl sites for hydroxylation is 3. The molecule has 3 aromatic rings. The second kappa shape index (κ2) is 9.01. The van der Waals surface area contributed by atoms with E-state index in [-0.39, 0.29) is 10.5 Å². The van der Waals surface area contributed by atoms with Crippen molar-refractivity contribution in [1.82, 2.24) is 10.9 Å². The maximum absolute atomic E-state index is 12.7. The highest BCUT2D eigenvalue weighted by molar-refractivity contribution is 7.92. The Morgan fingerprint density at radius 1 is 0.742 bits per heavy atom. The average Bonchev–Trinajstić information content (AvgIpc) is 2.73. The van der Waals surface area contributed by atoms with Crippen LogP contribution in [-0.2, 0) is 10.0 Å². The molecule has 0 unspecified atom stereocenters. The summed E-state index contributed by atoms with van der Waals surface area (Å²) >= 11 is 0. The molecule has 0 spiro atoms. The van der Waals surface area contributed by atoms with Gasteiger partial charge in [-0.3, -0.25) is 25.2 Å². The van der Waals surface area contributed by atoms with Gasteiger partial charge < -0.3 is 0 Å². The number of rotatable bonds is 5. The first kappa shape index (κ1) is 22.0. The molecule has 0 saturated heterocycles. The minimum Gasteiger partial charge on any atom is -0.280 e. The number of hydrazine groups is 1. The molecule has 8 heteroatoms. The number of benzene rings is 3. The van der Waals surface area contributed by atoms with E-state index in [9.17, 15) is 18.0 Å². The van der Waals surface area contributed by atoms with Crippen molar-refractivity contribution in [3.8, 4) is 0 Å². The van der Waals surface area contributed by atoms with Crippen molar-refractivity contribution in [2.45, 2.75) is 25.7 Å². The number of sulfonamides is 1. The van der Waals surface area contributed by atoms with Gasteiger partial charge in [-0.25, -0.2) is 8.42 Å². The van der Waals surface area contributed by atoms with Crippen molar-refractivity contribution in [2.24, 2.45) is 0 Å². The summed E-state index contributed by atoms with van der Waals surface area (Å²) in [6.45, 7) is 5.63. The van der Waals surface area contributed by atoms with Crippen LogP contribution in [0.15, 0.2) is 71.6 Å². The summed E-state index contributed by atoms with van der Waals surface area (Å²) in [5.74, 6) is -1.10. The summed E-state index contributed by atoms with van der Waals surface area (Å²) < 4.78 is 27.8. The maximum Gasteiger partial charge on any atom is 0.269 e. The predicted octanol–water partition coefficient (Wildman–Crippen LogP) is 3.49. The van der Waals surface area contributed by atoms with Crippen LogP contribution in [0.4, 0.5) is 5.69 Å². The number of amides is 2. The zero-order chi connectivity index (χ0) is 22.6. The van der Waals surface area contributed by atoms with Gasteiger partial charge in [0, 0.05) is 16.8 Å². The molecule has 0 saturated carbocycles. The Hall–Kier alpha value is -3.65. The van der Waals surface area contributed by atoms with Gasteiger partial charge in [0.1, 0.15) is 0 Å². The minimum atomic E-state index is -3.88. The Bertz CT molecular complexity index is 1240. The molecule has 0 aromatic heterocycles. The standard InChI is InChI=1S/C23H23N3O4S/c1-15-7-10-19(11-8-15)26-31(29,30)20-6-4-5-18(14-20)22(27)24-25-23(28)21-12-9-16(2)13-17(21)3/h4-14,26H,1-3H3,(H,24,27)(H,25,28). The van der Waals surface area contributed by atoms with Crippen LogP contribution in [0, 0.1) is 20.8 Å². The number of hydrogen-bond acceptors (Lipinski definition) is 4. The first-order valence-electron chi connectivity index (χ1n) is 9.53. The van der Waals surface area contributed by atoms with Gasteiger partial charge in [0.25, 0.3) is 21.8 Å². The average molecular weight is 438 g/mol. The van der Waals surface area contributed by atoms with E-state index >= 15 is 0 Å². The third-order valence-corrected chi connectivity index (χ3v) is 6.01. The molecular weight excluding hydrogens is 414 g/mol. The van der Waals surface area contributed by atoms with Crippen LogP contribution in [-0.4, -0.2) is 20.2 Å². The molecule has 2 amide bonds. The van der Waals surface area contributed by atoms with Crippen LogP contribution in [0.3, 0.4) is 0 Å². The van der Waals surface area contributed by atoms with Gasteiger partial charge in [-0.2, -0.15) is 0 Å². The smallest absolute Gasteiger partial charge is 0.269 e. The van der Waals surface area contributed by atoms with E-state index in [1.807, 2.05) is 19.9 Å². The highest BCUT2D eigenvalue weighted by Crippen LogP contribution is 2.18. The van der Waals surface area contributed by atoms with Gasteiger partial charge in [0.15, 0.2) is 0 Å². The number of hydrogen-bond donors (Lipinski definition) is 3. The summed E-state index contributed by atoms with van der Waals surface area (Å²) in [5, 5.41) is 0. The highest BCUT2D eigenvalue weighted by atomic mass is 32.2. The van der Waals surface area contributed by atoms with E-state index < -0.39 is 21.8 Å². The number of nitrogens with one attached hydrogen (secondary N) is 3. The summed E-state index contributed by atoms with van der Waals surface area (Å²) in [7, 11) is -3.88. The summed E-state index contributed by atoms with van der Waals surface area (Å²) in [6, 6.07) is 17.8. The second-order valence-corrected chi connectivity index (χ2v) is 8.91. The normalized spacial score (nSPS) is 10.9. The zero-order valence-electron chi connectivity index (χ0n) is 17.4. The van der Waals surface area contributed by atoms with Crippen LogP contribution in [0.5, 0.6) is 0 Å². The van der Waals surface area contributed by atoms with E-state index in [0.29, 0.717) is 11.3 Å². The number of carbonyl (C=O) groups is 2. The van der Waals surface area contributed by atoms with Crippen molar-refractivity contribution in [1.29, 1.82) is 0 Å². The second-order valence-electron chi connectivity index (χ2n) is 7.23. The zero-order valence-corrected chi connectivity index (χ0v) is 18.2. The van der Waals surface area contributed by atoms with E-state index in [4.69, 9.17) is 0 Å². The molecule has 3 aromatic carbocycles. The van der Waals surface area contributed by atoms with Crippen molar-refractivity contribution < 1.29 is 18.0 Å². The fourth-order valence-corrected chi connectivity index (χ4v) is 4.07. The first-order valence-corrected chi connectivity index (χ1v) is 11.0. The lowest BCUT2D eigenvalue weighted by Gasteiger charge is -2.11. The highest BCUT2D eigenvalue weighted by Gasteiger charge is 2.17. The molecule has 0 atom stereocenters. The summed E-state index contributed by atoms with van der Waals surface area (Å²) in [6.07, 6.45) is 0. The van der Waals surface area contributed by atoms with Crippen LogP contribution in [0.25, 0.3) is 0 Å². The lowest BCUT2D eigenvalue weighted by atomic mass is 10.1. The lowest BCUT2D eigenvalue weighted by molar-refractivity contribution is 0.0846. The Kier molecular flexibility index (Phi) is 6.41. The summed E-state index contributed by atoms with van der Waals surface area (Å²) in [4.78, 5) is 24.7. The molecule has 31 heavy (non-hydrogen) atoms. The SMILES string of the molecule is Cc1ccc(NS(=O)(=O)c2cccc(C(=O)NNC(=O)c3ccc(C)cc3C)c2)cc1. The molecular formula is C23H23N3O4S. The molecule has 0 radical (unpaired) electrons. The Labute approximate surface area is 181 Å². The van der Waals surface area contributed by atoms with Gasteiger partial charge >= 0.3 is 0 Å². The fraction of sp³-hybridized carbons (Fsp3) is 0.130. The quantitative estimate of drug-likeness (QED) is 0.532. The van der Waals surface area contributed by atoms with Gasteiger partial charge in [0.05, 0.1) is 4.90 Å². The predicted molar refractivity (Wildman–Crippen MR) is 119 cm³/mol. The molecule has 0 aliphatic heterocycles. The third-order valence-electron chi connectivity index (χ3n) is 4.63. The summed E-state index contributed by atoms with van der Waals surface area (Å²) in [5.41, 5.74) is 8.43. The molecule has 7 nitrogen and oxygen atoms in total.